The highest BCUT2D eigenvalue weighted by Gasteiger charge is 2.23. The molecule has 28 heavy (non-hydrogen) atoms. The Labute approximate surface area is 163 Å². The number of benzene rings is 3. The molecule has 0 N–H and O–H groups in total. The van der Waals surface area contributed by atoms with Gasteiger partial charge < -0.3 is 14.2 Å². The molecule has 1 aliphatic rings. The van der Waals surface area contributed by atoms with Crippen LogP contribution in [0.3, 0.4) is 0 Å². The van der Waals surface area contributed by atoms with E-state index < -0.39 is 0 Å². The molecule has 0 saturated heterocycles. The van der Waals surface area contributed by atoms with E-state index in [2.05, 4.69) is 25.1 Å². The van der Waals surface area contributed by atoms with Crippen molar-refractivity contribution in [3.8, 4) is 11.5 Å². The molecule has 1 heterocycles. The van der Waals surface area contributed by atoms with Crippen molar-refractivity contribution in [2.24, 2.45) is 0 Å². The summed E-state index contributed by atoms with van der Waals surface area (Å²) in [7, 11) is 3.16. The Morgan fingerprint density at radius 1 is 0.929 bits per heavy atom. The summed E-state index contributed by atoms with van der Waals surface area (Å²) in [6.07, 6.45) is 3.51. The van der Waals surface area contributed by atoms with Gasteiger partial charge >= 0.3 is 5.97 Å². The molecule has 140 valence electrons. The molecule has 0 unspecified atom stereocenters. The van der Waals surface area contributed by atoms with Gasteiger partial charge in [-0.05, 0) is 42.0 Å². The lowest BCUT2D eigenvalue weighted by Gasteiger charge is -2.10. The van der Waals surface area contributed by atoms with Crippen molar-refractivity contribution < 1.29 is 19.0 Å². The number of carbonyl (C=O) groups excluding carboxylic acids is 1. The van der Waals surface area contributed by atoms with Crippen LogP contribution >= 0.6 is 0 Å². The fraction of sp³-hybridized carbons (Fsp3) is 0.125. The molecule has 0 aliphatic carbocycles. The Morgan fingerprint density at radius 2 is 1.71 bits per heavy atom. The lowest BCUT2D eigenvalue weighted by Crippen LogP contribution is -1.98. The molecule has 4 heteroatoms. The molecule has 4 rings (SSSR count). The molecule has 0 aromatic heterocycles. The van der Waals surface area contributed by atoms with Gasteiger partial charge in [-0.25, -0.2) is 4.79 Å². The van der Waals surface area contributed by atoms with E-state index in [4.69, 9.17) is 14.2 Å². The van der Waals surface area contributed by atoms with Crippen LogP contribution < -0.4 is 9.47 Å². The van der Waals surface area contributed by atoms with Gasteiger partial charge in [-0.2, -0.15) is 0 Å². The van der Waals surface area contributed by atoms with E-state index in [9.17, 15) is 4.79 Å². The van der Waals surface area contributed by atoms with Crippen LogP contribution in [0.2, 0.25) is 0 Å². The third kappa shape index (κ3) is 3.25. The molecule has 0 atom stereocenters. The first-order valence-corrected chi connectivity index (χ1v) is 8.96. The maximum absolute atomic E-state index is 12.4. The summed E-state index contributed by atoms with van der Waals surface area (Å²) < 4.78 is 16.3. The van der Waals surface area contributed by atoms with Crippen LogP contribution in [-0.4, -0.2) is 20.2 Å². The number of carbonyl (C=O) groups is 1. The van der Waals surface area contributed by atoms with Gasteiger partial charge in [0.1, 0.15) is 5.76 Å². The lowest BCUT2D eigenvalue weighted by atomic mass is 10.0. The van der Waals surface area contributed by atoms with Crippen molar-refractivity contribution in [3.63, 3.8) is 0 Å². The summed E-state index contributed by atoms with van der Waals surface area (Å²) in [5.41, 5.74) is 3.29. The van der Waals surface area contributed by atoms with E-state index in [-0.39, 0.29) is 5.97 Å². The first-order chi connectivity index (χ1) is 13.6. The van der Waals surface area contributed by atoms with E-state index in [0.717, 1.165) is 21.9 Å². The number of esters is 1. The van der Waals surface area contributed by atoms with Crippen LogP contribution in [0, 0.1) is 6.92 Å². The van der Waals surface area contributed by atoms with Gasteiger partial charge in [0.05, 0.1) is 19.8 Å². The number of para-hydroxylation sites is 1. The van der Waals surface area contributed by atoms with E-state index in [0.29, 0.717) is 22.8 Å². The van der Waals surface area contributed by atoms with Crippen LogP contribution in [0.15, 0.2) is 66.2 Å². The second kappa shape index (κ2) is 7.24. The first kappa shape index (κ1) is 17.9. The molecule has 4 nitrogen and oxygen atoms in total. The van der Waals surface area contributed by atoms with Crippen molar-refractivity contribution in [1.29, 1.82) is 0 Å². The molecule has 0 saturated carbocycles. The Hall–Kier alpha value is -3.53. The predicted molar refractivity (Wildman–Crippen MR) is 110 cm³/mol. The molecule has 1 aliphatic heterocycles. The van der Waals surface area contributed by atoms with Crippen molar-refractivity contribution in [2.75, 3.05) is 14.2 Å². The van der Waals surface area contributed by atoms with E-state index in [1.54, 1.807) is 26.4 Å². The molecule has 0 radical (unpaired) electrons. The van der Waals surface area contributed by atoms with Gasteiger partial charge in [0, 0.05) is 11.1 Å². The average Bonchev–Trinajstić information content (AvgIpc) is 3.07. The fourth-order valence-electron chi connectivity index (χ4n) is 3.34. The van der Waals surface area contributed by atoms with Crippen LogP contribution in [0.25, 0.3) is 22.6 Å². The SMILES string of the molecule is COc1cccc(/C=C2/C=C(c3ccc4cc(C)ccc4c3)OC2=O)c1OC. The molecule has 0 spiro atoms. The largest absolute Gasteiger partial charge is 0.493 e. The second-order valence-electron chi connectivity index (χ2n) is 6.65. The Kier molecular flexibility index (Phi) is 4.62. The van der Waals surface area contributed by atoms with Crippen LogP contribution in [0.4, 0.5) is 0 Å². The minimum absolute atomic E-state index is 0.385. The van der Waals surface area contributed by atoms with Gasteiger partial charge in [0.15, 0.2) is 11.5 Å². The number of fused-ring (bicyclic) bond motifs is 1. The van der Waals surface area contributed by atoms with Crippen LogP contribution in [0.5, 0.6) is 11.5 Å². The van der Waals surface area contributed by atoms with Crippen LogP contribution in [-0.2, 0) is 9.53 Å². The molecular weight excluding hydrogens is 352 g/mol. The average molecular weight is 372 g/mol. The number of cyclic esters (lactones) is 1. The van der Waals surface area contributed by atoms with Gasteiger partial charge in [-0.15, -0.1) is 0 Å². The topological polar surface area (TPSA) is 44.8 Å². The van der Waals surface area contributed by atoms with Crippen molar-refractivity contribution in [1.82, 2.24) is 0 Å². The third-order valence-electron chi connectivity index (χ3n) is 4.75. The number of ether oxygens (including phenoxy) is 3. The maximum Gasteiger partial charge on any atom is 0.343 e. The second-order valence-corrected chi connectivity index (χ2v) is 6.65. The summed E-state index contributed by atoms with van der Waals surface area (Å²) in [6.45, 7) is 2.07. The summed E-state index contributed by atoms with van der Waals surface area (Å²) in [5.74, 6) is 1.34. The van der Waals surface area contributed by atoms with E-state index in [1.165, 1.54) is 5.56 Å². The fourth-order valence-corrected chi connectivity index (χ4v) is 3.34. The zero-order valence-electron chi connectivity index (χ0n) is 16.0. The van der Waals surface area contributed by atoms with Crippen molar-refractivity contribution in [3.05, 3.63) is 82.9 Å². The van der Waals surface area contributed by atoms with E-state index in [1.807, 2.05) is 36.4 Å². The number of rotatable bonds is 4. The number of aryl methyl sites for hydroxylation is 1. The summed E-state index contributed by atoms with van der Waals surface area (Å²) >= 11 is 0. The van der Waals surface area contributed by atoms with Gasteiger partial charge in [0.25, 0.3) is 0 Å². The number of methoxy groups -OCH3 is 2. The highest BCUT2D eigenvalue weighted by molar-refractivity contribution is 6.05. The van der Waals surface area contributed by atoms with Crippen molar-refractivity contribution >= 4 is 28.6 Å². The number of hydrogen-bond donors (Lipinski definition) is 0. The highest BCUT2D eigenvalue weighted by atomic mass is 16.5. The molecule has 3 aromatic rings. The van der Waals surface area contributed by atoms with Gasteiger partial charge in [-0.3, -0.25) is 0 Å². The Bertz CT molecular complexity index is 1140. The Morgan fingerprint density at radius 3 is 2.50 bits per heavy atom. The third-order valence-corrected chi connectivity index (χ3v) is 4.75. The normalized spacial score (nSPS) is 14.9. The zero-order valence-corrected chi connectivity index (χ0v) is 16.0. The summed E-state index contributed by atoms with van der Waals surface area (Å²) in [5, 5.41) is 2.26. The lowest BCUT2D eigenvalue weighted by molar-refractivity contribution is -0.130. The monoisotopic (exact) mass is 372 g/mol. The minimum atomic E-state index is -0.385. The summed E-state index contributed by atoms with van der Waals surface area (Å²) in [4.78, 5) is 12.4. The quantitative estimate of drug-likeness (QED) is 0.469. The Balaban J connectivity index is 1.73. The molecule has 0 fully saturated rings. The van der Waals surface area contributed by atoms with Crippen molar-refractivity contribution in [2.45, 2.75) is 6.92 Å². The predicted octanol–water partition coefficient (Wildman–Crippen LogP) is 5.15. The zero-order chi connectivity index (χ0) is 19.7. The number of hydrogen-bond acceptors (Lipinski definition) is 4. The van der Waals surface area contributed by atoms with Crippen LogP contribution in [0.1, 0.15) is 16.7 Å². The molecule has 3 aromatic carbocycles. The minimum Gasteiger partial charge on any atom is -0.493 e. The first-order valence-electron chi connectivity index (χ1n) is 8.96. The molecular formula is C24H20O4. The maximum atomic E-state index is 12.4. The van der Waals surface area contributed by atoms with Gasteiger partial charge in [-0.1, -0.05) is 48.0 Å². The smallest absolute Gasteiger partial charge is 0.343 e. The van der Waals surface area contributed by atoms with E-state index >= 15 is 0 Å². The molecule has 0 bridgehead atoms. The standard InChI is InChI=1S/C24H20O4/c1-15-7-8-17-12-18(10-9-16(17)11-15)22-14-20(24(25)28-22)13-19-5-4-6-21(26-2)23(19)27-3/h4-14H,1-3H3/b20-13-. The highest BCUT2D eigenvalue weighted by Crippen LogP contribution is 2.35. The van der Waals surface area contributed by atoms with Gasteiger partial charge in [0.2, 0.25) is 0 Å². The summed E-state index contributed by atoms with van der Waals surface area (Å²) in [6, 6.07) is 17.8. The molecule has 0 amide bonds.